The Hall–Kier alpha value is -7.03. The van der Waals surface area contributed by atoms with E-state index in [1.807, 2.05) is 12.3 Å². The molecule has 0 spiro atoms. The Morgan fingerprint density at radius 3 is 2.22 bits per heavy atom. The van der Waals surface area contributed by atoms with Crippen LogP contribution in [0.4, 0.5) is 0 Å². The molecule has 0 radical (unpaired) electrons. The van der Waals surface area contributed by atoms with Crippen LogP contribution in [0.25, 0.3) is 66.2 Å². The fourth-order valence-electron chi connectivity index (χ4n) is 9.25. The molecule has 0 amide bonds. The van der Waals surface area contributed by atoms with Crippen LogP contribution in [0.3, 0.4) is 0 Å². The molecule has 55 heavy (non-hydrogen) atoms. The summed E-state index contributed by atoms with van der Waals surface area (Å²) in [5, 5.41) is 3.70. The van der Waals surface area contributed by atoms with Crippen molar-refractivity contribution in [2.24, 2.45) is 5.92 Å². The third kappa shape index (κ3) is 5.14. The standard InChI is InChI=1S/C53H36N2/c1-2-20-41(21-3-1)55-49-30-29-37(34-48(49)53-50(55)28-13-31-54-53)36-16-10-18-39(32-36)51-44-23-6-8-25-46(44)52(47-26-9-7-24-45(47)51)40-19-11-17-38(33-40)43-27-12-15-35-14-4-5-22-42(35)43/h1-34,44,51H. The normalized spacial score (nSPS) is 16.1. The van der Waals surface area contributed by atoms with Crippen molar-refractivity contribution in [1.29, 1.82) is 0 Å². The van der Waals surface area contributed by atoms with E-state index in [0.717, 1.165) is 27.6 Å². The molecule has 0 saturated carbocycles. The lowest BCUT2D eigenvalue weighted by molar-refractivity contribution is 0.649. The van der Waals surface area contributed by atoms with Crippen LogP contribution < -0.4 is 0 Å². The highest BCUT2D eigenvalue weighted by Crippen LogP contribution is 2.51. The molecular formula is C53H36N2. The Labute approximate surface area is 320 Å². The zero-order chi connectivity index (χ0) is 36.3. The largest absolute Gasteiger partial charge is 0.308 e. The molecule has 2 aliphatic rings. The first-order valence-corrected chi connectivity index (χ1v) is 19.1. The summed E-state index contributed by atoms with van der Waals surface area (Å²) in [4.78, 5) is 4.88. The van der Waals surface area contributed by atoms with E-state index in [0.29, 0.717) is 0 Å². The second-order valence-corrected chi connectivity index (χ2v) is 14.7. The Morgan fingerprint density at radius 1 is 0.491 bits per heavy atom. The minimum absolute atomic E-state index is 0.169. The second kappa shape index (κ2) is 12.8. The van der Waals surface area contributed by atoms with Crippen molar-refractivity contribution in [2.75, 3.05) is 0 Å². The number of para-hydroxylation sites is 1. The lowest BCUT2D eigenvalue weighted by Gasteiger charge is -2.37. The zero-order valence-corrected chi connectivity index (χ0v) is 30.2. The summed E-state index contributed by atoms with van der Waals surface area (Å²) >= 11 is 0. The van der Waals surface area contributed by atoms with Gasteiger partial charge < -0.3 is 4.57 Å². The Kier molecular flexibility index (Phi) is 7.34. The van der Waals surface area contributed by atoms with E-state index in [1.165, 1.54) is 66.4 Å². The first kappa shape index (κ1) is 31.5. The number of hydrogen-bond donors (Lipinski definition) is 0. The number of hydrogen-bond acceptors (Lipinski definition) is 1. The fourth-order valence-corrected chi connectivity index (χ4v) is 9.25. The van der Waals surface area contributed by atoms with Crippen molar-refractivity contribution < 1.29 is 0 Å². The van der Waals surface area contributed by atoms with Crippen LogP contribution in [0.2, 0.25) is 0 Å². The summed E-state index contributed by atoms with van der Waals surface area (Å²) in [6.45, 7) is 0. The molecule has 7 aromatic carbocycles. The molecule has 2 aromatic heterocycles. The maximum Gasteiger partial charge on any atom is 0.0963 e. The molecule has 0 bridgehead atoms. The van der Waals surface area contributed by atoms with E-state index in [1.54, 1.807) is 0 Å². The van der Waals surface area contributed by atoms with E-state index >= 15 is 0 Å². The molecule has 0 aliphatic heterocycles. The van der Waals surface area contributed by atoms with Gasteiger partial charge in [0, 0.05) is 29.1 Å². The van der Waals surface area contributed by atoms with Crippen LogP contribution in [0, 0.1) is 5.92 Å². The predicted octanol–water partition coefficient (Wildman–Crippen LogP) is 13.4. The van der Waals surface area contributed by atoms with Crippen LogP contribution >= 0.6 is 0 Å². The maximum absolute atomic E-state index is 4.88. The highest BCUT2D eigenvalue weighted by Gasteiger charge is 2.35. The van der Waals surface area contributed by atoms with Crippen molar-refractivity contribution in [2.45, 2.75) is 5.92 Å². The minimum Gasteiger partial charge on any atom is -0.308 e. The molecule has 0 fully saturated rings. The van der Waals surface area contributed by atoms with E-state index in [-0.39, 0.29) is 11.8 Å². The maximum atomic E-state index is 4.88. The summed E-state index contributed by atoms with van der Waals surface area (Å²) in [5.74, 6) is 0.365. The summed E-state index contributed by atoms with van der Waals surface area (Å²) in [5.41, 5.74) is 17.3. The first-order valence-electron chi connectivity index (χ1n) is 19.1. The molecule has 2 unspecified atom stereocenters. The van der Waals surface area contributed by atoms with Crippen LogP contribution in [-0.4, -0.2) is 9.55 Å². The van der Waals surface area contributed by atoms with Crippen LogP contribution in [0.15, 0.2) is 212 Å². The Morgan fingerprint density at radius 2 is 1.25 bits per heavy atom. The quantitative estimate of drug-likeness (QED) is 0.175. The molecular weight excluding hydrogens is 665 g/mol. The van der Waals surface area contributed by atoms with Crippen molar-refractivity contribution >= 4 is 38.3 Å². The number of rotatable bonds is 5. The van der Waals surface area contributed by atoms with E-state index in [2.05, 4.69) is 199 Å². The SMILES string of the molecule is C1=CC2=C(c3cccc(-c4cccc5ccccc45)c3)c3ccccc3C(c3cccc(-c4ccc5c(c4)c4ncccc4n5-c4ccccc4)c3)C2C=C1. The molecule has 0 saturated heterocycles. The van der Waals surface area contributed by atoms with E-state index in [9.17, 15) is 0 Å². The van der Waals surface area contributed by atoms with Gasteiger partial charge in [-0.15, -0.1) is 0 Å². The van der Waals surface area contributed by atoms with Gasteiger partial charge in [-0.05, 0) is 109 Å². The summed E-state index contributed by atoms with van der Waals surface area (Å²) in [6, 6.07) is 64.4. The molecule has 2 atom stereocenters. The smallest absolute Gasteiger partial charge is 0.0963 e. The summed E-state index contributed by atoms with van der Waals surface area (Å²) in [7, 11) is 0. The van der Waals surface area contributed by atoms with Crippen LogP contribution in [-0.2, 0) is 0 Å². The van der Waals surface area contributed by atoms with Crippen molar-refractivity contribution in [3.8, 4) is 27.9 Å². The first-order chi connectivity index (χ1) is 27.3. The Balaban J connectivity index is 1.03. The minimum atomic E-state index is 0.169. The van der Waals surface area contributed by atoms with E-state index < -0.39 is 0 Å². The van der Waals surface area contributed by atoms with Crippen LogP contribution in [0.1, 0.15) is 28.2 Å². The monoisotopic (exact) mass is 700 g/mol. The third-order valence-electron chi connectivity index (χ3n) is 11.6. The number of aromatic nitrogens is 2. The number of nitrogens with zero attached hydrogens (tertiary/aromatic N) is 2. The van der Waals surface area contributed by atoms with Crippen LogP contribution in [0.5, 0.6) is 0 Å². The lowest BCUT2D eigenvalue weighted by Crippen LogP contribution is -2.22. The van der Waals surface area contributed by atoms with Gasteiger partial charge in [0.2, 0.25) is 0 Å². The van der Waals surface area contributed by atoms with Gasteiger partial charge in [-0.2, -0.15) is 0 Å². The van der Waals surface area contributed by atoms with Gasteiger partial charge in [0.15, 0.2) is 0 Å². The molecule has 9 aromatic rings. The molecule has 2 heterocycles. The zero-order valence-electron chi connectivity index (χ0n) is 30.2. The predicted molar refractivity (Wildman–Crippen MR) is 229 cm³/mol. The van der Waals surface area contributed by atoms with Gasteiger partial charge in [-0.1, -0.05) is 158 Å². The summed E-state index contributed by atoms with van der Waals surface area (Å²) in [6.07, 6.45) is 11.1. The molecule has 0 N–H and O–H groups in total. The lowest BCUT2D eigenvalue weighted by atomic mass is 9.66. The number of pyridine rings is 1. The van der Waals surface area contributed by atoms with Gasteiger partial charge in [0.25, 0.3) is 0 Å². The van der Waals surface area contributed by atoms with E-state index in [4.69, 9.17) is 4.98 Å². The molecule has 11 rings (SSSR count). The fraction of sp³-hybridized carbons (Fsp3) is 0.0377. The average Bonchev–Trinajstić information content (AvgIpc) is 3.59. The highest BCUT2D eigenvalue weighted by atomic mass is 15.0. The van der Waals surface area contributed by atoms with Gasteiger partial charge in [0.05, 0.1) is 16.6 Å². The second-order valence-electron chi connectivity index (χ2n) is 14.7. The van der Waals surface area contributed by atoms with Gasteiger partial charge in [-0.3, -0.25) is 4.98 Å². The Bertz CT molecular complexity index is 3040. The molecule has 2 aliphatic carbocycles. The number of benzene rings is 7. The van der Waals surface area contributed by atoms with Crippen molar-refractivity contribution in [3.05, 3.63) is 234 Å². The number of allylic oxidation sites excluding steroid dienone is 5. The third-order valence-corrected chi connectivity index (χ3v) is 11.6. The van der Waals surface area contributed by atoms with Crippen molar-refractivity contribution in [3.63, 3.8) is 0 Å². The molecule has 2 heteroatoms. The van der Waals surface area contributed by atoms with Gasteiger partial charge in [0.1, 0.15) is 0 Å². The number of fused-ring (bicyclic) bond motifs is 6. The highest BCUT2D eigenvalue weighted by molar-refractivity contribution is 6.08. The van der Waals surface area contributed by atoms with Gasteiger partial charge in [-0.25, -0.2) is 0 Å². The topological polar surface area (TPSA) is 17.8 Å². The summed E-state index contributed by atoms with van der Waals surface area (Å²) < 4.78 is 2.32. The van der Waals surface area contributed by atoms with Gasteiger partial charge >= 0.3 is 0 Å². The average molecular weight is 701 g/mol. The van der Waals surface area contributed by atoms with Crippen molar-refractivity contribution in [1.82, 2.24) is 9.55 Å². The molecule has 258 valence electrons. The molecule has 2 nitrogen and oxygen atoms in total.